The van der Waals surface area contributed by atoms with Gasteiger partial charge in [-0.3, -0.25) is 9.48 Å². The molecule has 0 spiro atoms. The maximum atomic E-state index is 11.5. The molecule has 0 saturated heterocycles. The van der Waals surface area contributed by atoms with Gasteiger partial charge in [-0.1, -0.05) is 0 Å². The third kappa shape index (κ3) is 3.93. The third-order valence-electron chi connectivity index (χ3n) is 2.08. The molecule has 0 radical (unpaired) electrons. The van der Waals surface area contributed by atoms with Crippen LogP contribution in [0.15, 0.2) is 33.4 Å². The Morgan fingerprint density at radius 3 is 2.84 bits per heavy atom. The molecule has 0 aliphatic rings. The minimum atomic E-state index is -3.60. The maximum absolute atomic E-state index is 11.5. The molecular formula is C10H10BrN3O4S. The highest BCUT2D eigenvalue weighted by Gasteiger charge is 2.15. The summed E-state index contributed by atoms with van der Waals surface area (Å²) in [6, 6.07) is 3.00. The minimum Gasteiger partial charge on any atom is -0.454 e. The van der Waals surface area contributed by atoms with Gasteiger partial charge in [0, 0.05) is 6.20 Å². The zero-order valence-corrected chi connectivity index (χ0v) is 12.2. The molecule has 0 aromatic carbocycles. The fraction of sp³-hybridized carbons (Fsp3) is 0.200. The summed E-state index contributed by atoms with van der Waals surface area (Å²) >= 11 is 3.26. The summed E-state index contributed by atoms with van der Waals surface area (Å²) in [5.74, 6) is -0.365. The number of amides is 1. The summed E-state index contributed by atoms with van der Waals surface area (Å²) in [7, 11) is -3.60. The Morgan fingerprint density at radius 2 is 2.26 bits per heavy atom. The zero-order chi connectivity index (χ0) is 14.0. The van der Waals surface area contributed by atoms with Gasteiger partial charge in [-0.05, 0) is 28.1 Å². The number of hydrogen-bond donors (Lipinski definition) is 1. The van der Waals surface area contributed by atoms with E-state index in [1.165, 1.54) is 6.07 Å². The molecule has 0 aliphatic heterocycles. The highest BCUT2D eigenvalue weighted by atomic mass is 79.9. The van der Waals surface area contributed by atoms with Gasteiger partial charge in [-0.15, -0.1) is 0 Å². The van der Waals surface area contributed by atoms with E-state index in [-0.39, 0.29) is 5.76 Å². The number of carbonyl (C=O) groups is 1. The van der Waals surface area contributed by atoms with Crippen LogP contribution in [0.3, 0.4) is 0 Å². The summed E-state index contributed by atoms with van der Waals surface area (Å²) in [5, 5.41) is 4.04. The number of sulfonamides is 1. The predicted octanol–water partition coefficient (Wildman–Crippen LogP) is 0.976. The van der Waals surface area contributed by atoms with E-state index in [0.717, 1.165) is 10.7 Å². The molecule has 2 heterocycles. The molecule has 0 saturated carbocycles. The van der Waals surface area contributed by atoms with Gasteiger partial charge in [-0.25, -0.2) is 13.1 Å². The van der Waals surface area contributed by atoms with Crippen LogP contribution in [-0.2, 0) is 16.6 Å². The average Bonchev–Trinajstić information content (AvgIpc) is 2.86. The average molecular weight is 348 g/mol. The first-order valence-corrected chi connectivity index (χ1v) is 7.81. The van der Waals surface area contributed by atoms with Gasteiger partial charge in [0.2, 0.25) is 10.0 Å². The second-order valence-corrected chi connectivity index (χ2v) is 6.49. The van der Waals surface area contributed by atoms with E-state index in [0.29, 0.717) is 12.3 Å². The number of nitrogens with zero attached hydrogens (tertiary/aromatic N) is 2. The molecule has 0 atom stereocenters. The first kappa shape index (κ1) is 13.8. The summed E-state index contributed by atoms with van der Waals surface area (Å²) in [4.78, 5) is 11.5. The van der Waals surface area contributed by atoms with Gasteiger partial charge >= 0.3 is 0 Å². The van der Waals surface area contributed by atoms with Crippen LogP contribution < -0.4 is 4.72 Å². The van der Waals surface area contributed by atoms with Crippen molar-refractivity contribution in [3.63, 3.8) is 0 Å². The van der Waals surface area contributed by atoms with Crippen molar-refractivity contribution in [3.05, 3.63) is 40.5 Å². The van der Waals surface area contributed by atoms with E-state index in [1.54, 1.807) is 23.1 Å². The number of rotatable bonds is 4. The van der Waals surface area contributed by atoms with Crippen molar-refractivity contribution in [1.82, 2.24) is 14.5 Å². The molecule has 1 N–H and O–H groups in total. The van der Waals surface area contributed by atoms with Crippen LogP contribution >= 0.6 is 15.9 Å². The smallest absolute Gasteiger partial charge is 0.300 e. The first-order valence-electron chi connectivity index (χ1n) is 5.12. The monoisotopic (exact) mass is 347 g/mol. The van der Waals surface area contributed by atoms with Gasteiger partial charge in [0.15, 0.2) is 5.76 Å². The van der Waals surface area contributed by atoms with Gasteiger partial charge in [0.1, 0.15) is 5.76 Å². The van der Waals surface area contributed by atoms with Crippen LogP contribution in [0, 0.1) is 0 Å². The van der Waals surface area contributed by atoms with Crippen LogP contribution in [0.5, 0.6) is 0 Å². The fourth-order valence-electron chi connectivity index (χ4n) is 1.39. The summed E-state index contributed by atoms with van der Waals surface area (Å²) in [5.41, 5.74) is 0. The Balaban J connectivity index is 2.09. The Hall–Kier alpha value is -1.61. The predicted molar refractivity (Wildman–Crippen MR) is 70.0 cm³/mol. The van der Waals surface area contributed by atoms with Crippen LogP contribution in [0.2, 0.25) is 0 Å². The van der Waals surface area contributed by atoms with E-state index in [1.807, 2.05) is 4.72 Å². The lowest BCUT2D eigenvalue weighted by Gasteiger charge is -1.99. The Bertz CT molecular complexity index is 704. The number of halogens is 1. The highest BCUT2D eigenvalue weighted by Crippen LogP contribution is 2.12. The van der Waals surface area contributed by atoms with Crippen molar-refractivity contribution in [3.8, 4) is 0 Å². The molecule has 0 fully saturated rings. The molecule has 0 bridgehead atoms. The second-order valence-electron chi connectivity index (χ2n) is 3.83. The second kappa shape index (κ2) is 5.17. The van der Waals surface area contributed by atoms with Gasteiger partial charge in [0.05, 0.1) is 23.5 Å². The van der Waals surface area contributed by atoms with Crippen molar-refractivity contribution in [2.45, 2.75) is 6.54 Å². The summed E-state index contributed by atoms with van der Waals surface area (Å²) in [6.45, 7) is 0.345. The lowest BCUT2D eigenvalue weighted by Crippen LogP contribution is -2.28. The number of furan rings is 1. The van der Waals surface area contributed by atoms with Crippen LogP contribution in [0.25, 0.3) is 0 Å². The van der Waals surface area contributed by atoms with Gasteiger partial charge < -0.3 is 4.42 Å². The minimum absolute atomic E-state index is 0.0633. The summed E-state index contributed by atoms with van der Waals surface area (Å²) < 4.78 is 31.4. The molecular weight excluding hydrogens is 338 g/mol. The van der Waals surface area contributed by atoms with Crippen LogP contribution in [0.1, 0.15) is 16.3 Å². The van der Waals surface area contributed by atoms with E-state index >= 15 is 0 Å². The van der Waals surface area contributed by atoms with Crippen molar-refractivity contribution < 1.29 is 17.6 Å². The van der Waals surface area contributed by atoms with Crippen molar-refractivity contribution in [2.75, 3.05) is 6.26 Å². The van der Waals surface area contributed by atoms with Crippen LogP contribution in [0.4, 0.5) is 0 Å². The molecule has 9 heteroatoms. The maximum Gasteiger partial charge on any atom is 0.300 e. The number of carbonyl (C=O) groups excluding carboxylic acids is 1. The Morgan fingerprint density at radius 1 is 1.53 bits per heavy atom. The van der Waals surface area contributed by atoms with Crippen LogP contribution in [-0.4, -0.2) is 30.4 Å². The van der Waals surface area contributed by atoms with E-state index in [2.05, 4.69) is 21.0 Å². The zero-order valence-electron chi connectivity index (χ0n) is 9.83. The SMILES string of the molecule is CS(=O)(=O)NC(=O)c1ccc(Cn2cc(Br)cn2)o1. The van der Waals surface area contributed by atoms with E-state index in [9.17, 15) is 13.2 Å². The number of hydrogen-bond acceptors (Lipinski definition) is 5. The van der Waals surface area contributed by atoms with Crippen molar-refractivity contribution in [1.29, 1.82) is 0 Å². The molecule has 0 aliphatic carbocycles. The standard InChI is InChI=1S/C10H10BrN3O4S/c1-19(16,17)13-10(15)9-3-2-8(18-9)6-14-5-7(11)4-12-14/h2-5H,6H2,1H3,(H,13,15). The molecule has 2 aromatic rings. The Kier molecular flexibility index (Phi) is 3.76. The molecule has 19 heavy (non-hydrogen) atoms. The largest absolute Gasteiger partial charge is 0.454 e. The highest BCUT2D eigenvalue weighted by molar-refractivity contribution is 9.10. The molecule has 7 nitrogen and oxygen atoms in total. The molecule has 2 rings (SSSR count). The van der Waals surface area contributed by atoms with Gasteiger partial charge in [0.25, 0.3) is 5.91 Å². The van der Waals surface area contributed by atoms with E-state index < -0.39 is 15.9 Å². The number of nitrogens with one attached hydrogen (secondary N) is 1. The van der Waals surface area contributed by atoms with Crippen molar-refractivity contribution >= 4 is 31.9 Å². The van der Waals surface area contributed by atoms with Gasteiger partial charge in [-0.2, -0.15) is 5.10 Å². The number of aromatic nitrogens is 2. The molecule has 102 valence electrons. The Labute approximate surface area is 117 Å². The van der Waals surface area contributed by atoms with E-state index in [4.69, 9.17) is 4.42 Å². The third-order valence-corrected chi connectivity index (χ3v) is 3.05. The first-order chi connectivity index (χ1) is 8.83. The lowest BCUT2D eigenvalue weighted by molar-refractivity contribution is 0.0952. The topological polar surface area (TPSA) is 94.2 Å². The molecule has 2 aromatic heterocycles. The normalized spacial score (nSPS) is 11.5. The summed E-state index contributed by atoms with van der Waals surface area (Å²) in [6.07, 6.45) is 4.27. The lowest BCUT2D eigenvalue weighted by atomic mass is 10.4. The molecule has 0 unspecified atom stereocenters. The van der Waals surface area contributed by atoms with Crippen molar-refractivity contribution in [2.24, 2.45) is 0 Å². The quantitative estimate of drug-likeness (QED) is 0.889. The fourth-order valence-corrected chi connectivity index (χ4v) is 2.15. The molecule has 1 amide bonds.